The second-order valence-corrected chi connectivity index (χ2v) is 6.73. The molecule has 146 valence electrons. The van der Waals surface area contributed by atoms with Crippen LogP contribution in [0, 0.1) is 0 Å². The van der Waals surface area contributed by atoms with Crippen molar-refractivity contribution >= 4 is 17.5 Å². The predicted octanol–water partition coefficient (Wildman–Crippen LogP) is 3.76. The fraction of sp³-hybridized carbons (Fsp3) is 0.238. The molecule has 1 amide bonds. The number of nitrogens with zero attached hydrogens (tertiary/aromatic N) is 2. The van der Waals surface area contributed by atoms with Gasteiger partial charge in [-0.3, -0.25) is 4.79 Å². The SMILES string of the molecule is COc1ccccc1C(NC(=O)C(C)Oc1cccc(Cl)c1)c1nccn1C. The number of halogens is 1. The molecule has 1 heterocycles. The molecular weight excluding hydrogens is 378 g/mol. The van der Waals surface area contributed by atoms with E-state index in [0.29, 0.717) is 22.3 Å². The summed E-state index contributed by atoms with van der Waals surface area (Å²) in [4.78, 5) is 17.3. The van der Waals surface area contributed by atoms with E-state index in [-0.39, 0.29) is 5.91 Å². The van der Waals surface area contributed by atoms with Gasteiger partial charge in [0.1, 0.15) is 23.4 Å². The van der Waals surface area contributed by atoms with Gasteiger partial charge in [0.25, 0.3) is 5.91 Å². The van der Waals surface area contributed by atoms with Gasteiger partial charge in [0.05, 0.1) is 7.11 Å². The van der Waals surface area contributed by atoms with Crippen molar-refractivity contribution in [3.8, 4) is 11.5 Å². The molecule has 3 aromatic rings. The number of ether oxygens (including phenoxy) is 2. The van der Waals surface area contributed by atoms with Crippen LogP contribution in [0.3, 0.4) is 0 Å². The predicted molar refractivity (Wildman–Crippen MR) is 108 cm³/mol. The zero-order valence-corrected chi connectivity index (χ0v) is 16.7. The first-order valence-corrected chi connectivity index (χ1v) is 9.20. The Kier molecular flexibility index (Phi) is 6.21. The van der Waals surface area contributed by atoms with Gasteiger partial charge < -0.3 is 19.4 Å². The van der Waals surface area contributed by atoms with Crippen molar-refractivity contribution in [2.45, 2.75) is 19.1 Å². The number of carbonyl (C=O) groups is 1. The normalized spacial score (nSPS) is 12.9. The van der Waals surface area contributed by atoms with Gasteiger partial charge in [-0.05, 0) is 31.2 Å². The first kappa shape index (κ1) is 19.8. The molecule has 0 radical (unpaired) electrons. The van der Waals surface area contributed by atoms with Gasteiger partial charge in [-0.2, -0.15) is 0 Å². The highest BCUT2D eigenvalue weighted by Crippen LogP contribution is 2.29. The van der Waals surface area contributed by atoms with E-state index in [0.717, 1.165) is 5.56 Å². The van der Waals surface area contributed by atoms with E-state index in [1.54, 1.807) is 44.5 Å². The van der Waals surface area contributed by atoms with Gasteiger partial charge in [-0.25, -0.2) is 4.98 Å². The van der Waals surface area contributed by atoms with E-state index in [1.165, 1.54) is 0 Å². The summed E-state index contributed by atoms with van der Waals surface area (Å²) in [7, 11) is 3.48. The lowest BCUT2D eigenvalue weighted by Gasteiger charge is -2.23. The molecule has 6 nitrogen and oxygen atoms in total. The Morgan fingerprint density at radius 1 is 1.21 bits per heavy atom. The van der Waals surface area contributed by atoms with Crippen molar-refractivity contribution in [3.63, 3.8) is 0 Å². The average Bonchev–Trinajstić information content (AvgIpc) is 3.11. The maximum absolute atomic E-state index is 12.9. The zero-order chi connectivity index (χ0) is 20.1. The van der Waals surface area contributed by atoms with E-state index in [2.05, 4.69) is 10.3 Å². The Bertz CT molecular complexity index is 957. The molecule has 0 aliphatic rings. The number of carbonyl (C=O) groups excluding carboxylic acids is 1. The number of nitrogens with one attached hydrogen (secondary N) is 1. The quantitative estimate of drug-likeness (QED) is 0.657. The standard InChI is InChI=1S/C21H22ClN3O3/c1-14(28-16-8-6-7-15(22)13-16)21(26)24-19(20-23-11-12-25(20)2)17-9-4-5-10-18(17)27-3/h4-14,19H,1-3H3,(H,24,26). The molecular formula is C21H22ClN3O3. The number of hydrogen-bond donors (Lipinski definition) is 1. The molecule has 1 N–H and O–H groups in total. The molecule has 0 saturated heterocycles. The molecule has 0 saturated carbocycles. The fourth-order valence-corrected chi connectivity index (χ4v) is 3.08. The van der Waals surface area contributed by atoms with Crippen LogP contribution in [0.2, 0.25) is 5.02 Å². The number of amides is 1. The second kappa shape index (κ2) is 8.80. The number of methoxy groups -OCH3 is 1. The molecule has 3 rings (SSSR count). The lowest BCUT2D eigenvalue weighted by Crippen LogP contribution is -2.40. The molecule has 28 heavy (non-hydrogen) atoms. The highest BCUT2D eigenvalue weighted by molar-refractivity contribution is 6.30. The zero-order valence-electron chi connectivity index (χ0n) is 15.9. The number of aryl methyl sites for hydroxylation is 1. The Balaban J connectivity index is 1.85. The maximum Gasteiger partial charge on any atom is 0.261 e. The van der Waals surface area contributed by atoms with Gasteiger partial charge in [0.15, 0.2) is 6.10 Å². The summed E-state index contributed by atoms with van der Waals surface area (Å²) < 4.78 is 13.1. The van der Waals surface area contributed by atoms with Crippen molar-refractivity contribution < 1.29 is 14.3 Å². The lowest BCUT2D eigenvalue weighted by molar-refractivity contribution is -0.127. The minimum Gasteiger partial charge on any atom is -0.496 e. The molecule has 2 atom stereocenters. The molecule has 0 spiro atoms. The highest BCUT2D eigenvalue weighted by Gasteiger charge is 2.26. The highest BCUT2D eigenvalue weighted by atomic mass is 35.5. The first-order valence-electron chi connectivity index (χ1n) is 8.82. The summed E-state index contributed by atoms with van der Waals surface area (Å²) in [6.45, 7) is 1.69. The van der Waals surface area contributed by atoms with Gasteiger partial charge in [0, 0.05) is 30.0 Å². The summed E-state index contributed by atoms with van der Waals surface area (Å²) in [5.74, 6) is 1.60. The van der Waals surface area contributed by atoms with E-state index in [9.17, 15) is 4.79 Å². The topological polar surface area (TPSA) is 65.4 Å². The van der Waals surface area contributed by atoms with Crippen molar-refractivity contribution in [2.75, 3.05) is 7.11 Å². The number of rotatable bonds is 7. The minimum atomic E-state index is -0.726. The molecule has 2 unspecified atom stereocenters. The Hall–Kier alpha value is -2.99. The number of aromatic nitrogens is 2. The summed E-state index contributed by atoms with van der Waals surface area (Å²) in [6.07, 6.45) is 2.79. The van der Waals surface area contributed by atoms with Gasteiger partial charge >= 0.3 is 0 Å². The lowest BCUT2D eigenvalue weighted by atomic mass is 10.0. The van der Waals surface area contributed by atoms with Crippen molar-refractivity contribution in [1.82, 2.24) is 14.9 Å². The smallest absolute Gasteiger partial charge is 0.261 e. The number of imidazole rings is 1. The van der Waals surface area contributed by atoms with E-state index in [1.807, 2.05) is 42.1 Å². The third kappa shape index (κ3) is 4.46. The monoisotopic (exact) mass is 399 g/mol. The van der Waals surface area contributed by atoms with Crippen LogP contribution < -0.4 is 14.8 Å². The third-order valence-electron chi connectivity index (χ3n) is 4.33. The van der Waals surface area contributed by atoms with Crippen LogP contribution in [0.25, 0.3) is 0 Å². The van der Waals surface area contributed by atoms with Crippen LogP contribution in [0.1, 0.15) is 24.4 Å². The van der Waals surface area contributed by atoms with Gasteiger partial charge in [-0.15, -0.1) is 0 Å². The van der Waals surface area contributed by atoms with Gasteiger partial charge in [0.2, 0.25) is 0 Å². The van der Waals surface area contributed by atoms with E-state index < -0.39 is 12.1 Å². The largest absolute Gasteiger partial charge is 0.496 e. The molecule has 0 aliphatic heterocycles. The van der Waals surface area contributed by atoms with Crippen molar-refractivity contribution in [2.24, 2.45) is 7.05 Å². The molecule has 2 aromatic carbocycles. The van der Waals surface area contributed by atoms with E-state index in [4.69, 9.17) is 21.1 Å². The maximum atomic E-state index is 12.9. The molecule has 0 bridgehead atoms. The van der Waals surface area contributed by atoms with Crippen LogP contribution in [-0.2, 0) is 11.8 Å². The Morgan fingerprint density at radius 2 is 2.00 bits per heavy atom. The Labute approximate surface area is 169 Å². The van der Waals surface area contributed by atoms with Crippen molar-refractivity contribution in [3.05, 3.63) is 77.3 Å². The fourth-order valence-electron chi connectivity index (χ4n) is 2.90. The van der Waals surface area contributed by atoms with Crippen LogP contribution in [0.4, 0.5) is 0 Å². The van der Waals surface area contributed by atoms with Gasteiger partial charge in [-0.1, -0.05) is 35.9 Å². The summed E-state index contributed by atoms with van der Waals surface area (Å²) in [5, 5.41) is 3.57. The minimum absolute atomic E-state index is 0.279. The summed E-state index contributed by atoms with van der Waals surface area (Å²) in [6, 6.07) is 14.0. The van der Waals surface area contributed by atoms with Crippen molar-refractivity contribution in [1.29, 1.82) is 0 Å². The molecule has 0 fully saturated rings. The van der Waals surface area contributed by atoms with Crippen LogP contribution in [-0.4, -0.2) is 28.7 Å². The van der Waals surface area contributed by atoms with E-state index >= 15 is 0 Å². The second-order valence-electron chi connectivity index (χ2n) is 6.30. The molecule has 0 aliphatic carbocycles. The summed E-state index contributed by atoms with van der Waals surface area (Å²) >= 11 is 5.99. The number of benzene rings is 2. The van der Waals surface area contributed by atoms with Crippen LogP contribution in [0.5, 0.6) is 11.5 Å². The summed E-state index contributed by atoms with van der Waals surface area (Å²) in [5.41, 5.74) is 0.808. The third-order valence-corrected chi connectivity index (χ3v) is 4.57. The van der Waals surface area contributed by atoms with Crippen LogP contribution in [0.15, 0.2) is 60.9 Å². The average molecular weight is 400 g/mol. The molecule has 7 heteroatoms. The number of para-hydroxylation sites is 1. The first-order chi connectivity index (χ1) is 13.5. The molecule has 1 aromatic heterocycles. The van der Waals surface area contributed by atoms with Crippen LogP contribution >= 0.6 is 11.6 Å². The number of hydrogen-bond acceptors (Lipinski definition) is 4. The Morgan fingerprint density at radius 3 is 2.68 bits per heavy atom.